The summed E-state index contributed by atoms with van der Waals surface area (Å²) in [7, 11) is 0. The lowest BCUT2D eigenvalue weighted by Crippen LogP contribution is -2.37. The zero-order chi connectivity index (χ0) is 14.0. The Bertz CT molecular complexity index is 426. The number of hydrogen-bond acceptors (Lipinski definition) is 3. The van der Waals surface area contributed by atoms with Gasteiger partial charge in [-0.1, -0.05) is 17.7 Å². The van der Waals surface area contributed by atoms with E-state index in [0.717, 1.165) is 37.2 Å². The molecule has 1 aliphatic rings. The Hall–Kier alpha value is -0.770. The number of halogens is 1. The molecular formula is C15H22ClNO2. The van der Waals surface area contributed by atoms with Gasteiger partial charge in [0.2, 0.25) is 0 Å². The average Bonchev–Trinajstić information content (AvgIpc) is 2.38. The minimum atomic E-state index is -0.493. The smallest absolute Gasteiger partial charge is 0.0762 e. The summed E-state index contributed by atoms with van der Waals surface area (Å²) in [5.41, 5.74) is 1.86. The number of anilines is 1. The molecule has 2 unspecified atom stereocenters. The molecule has 1 heterocycles. The molecule has 2 N–H and O–H groups in total. The molecule has 0 spiro atoms. The summed E-state index contributed by atoms with van der Waals surface area (Å²) in [6.07, 6.45) is 1.26. The van der Waals surface area contributed by atoms with Gasteiger partial charge in [-0.25, -0.2) is 0 Å². The van der Waals surface area contributed by atoms with Crippen LogP contribution in [-0.4, -0.2) is 29.4 Å². The first-order valence-electron chi connectivity index (χ1n) is 6.89. The van der Waals surface area contributed by atoms with Gasteiger partial charge in [0.05, 0.1) is 22.9 Å². The minimum absolute atomic E-state index is 0.227. The molecule has 0 aliphatic carbocycles. The molecular weight excluding hydrogens is 262 g/mol. The van der Waals surface area contributed by atoms with Crippen LogP contribution in [0.5, 0.6) is 0 Å². The van der Waals surface area contributed by atoms with E-state index in [2.05, 4.69) is 4.90 Å². The van der Waals surface area contributed by atoms with Crippen LogP contribution in [0.15, 0.2) is 18.2 Å². The second-order valence-electron chi connectivity index (χ2n) is 5.45. The molecule has 0 saturated carbocycles. The quantitative estimate of drug-likeness (QED) is 0.896. The zero-order valence-electron chi connectivity index (χ0n) is 11.5. The molecule has 1 saturated heterocycles. The number of benzene rings is 1. The molecule has 2 atom stereocenters. The summed E-state index contributed by atoms with van der Waals surface area (Å²) < 4.78 is 0. The summed E-state index contributed by atoms with van der Waals surface area (Å²) in [4.78, 5) is 2.26. The van der Waals surface area contributed by atoms with Crippen LogP contribution in [0.4, 0.5) is 5.69 Å². The molecule has 0 bridgehead atoms. The Morgan fingerprint density at radius 2 is 1.84 bits per heavy atom. The highest BCUT2D eigenvalue weighted by Gasteiger charge is 2.23. The number of rotatable bonds is 3. The lowest BCUT2D eigenvalue weighted by Gasteiger charge is -2.35. The van der Waals surface area contributed by atoms with Gasteiger partial charge in [0.1, 0.15) is 0 Å². The van der Waals surface area contributed by atoms with E-state index in [4.69, 9.17) is 11.6 Å². The van der Waals surface area contributed by atoms with Crippen molar-refractivity contribution in [3.8, 4) is 0 Å². The van der Waals surface area contributed by atoms with Crippen LogP contribution in [0, 0.1) is 5.92 Å². The predicted octanol–water partition coefficient (Wildman–Crippen LogP) is 2.99. The number of hydrogen-bond donors (Lipinski definition) is 2. The highest BCUT2D eigenvalue weighted by molar-refractivity contribution is 6.33. The Morgan fingerprint density at radius 3 is 2.32 bits per heavy atom. The molecule has 1 aromatic carbocycles. The van der Waals surface area contributed by atoms with E-state index in [1.165, 1.54) is 0 Å². The van der Waals surface area contributed by atoms with Crippen LogP contribution in [0.3, 0.4) is 0 Å². The van der Waals surface area contributed by atoms with E-state index < -0.39 is 6.10 Å². The van der Waals surface area contributed by atoms with Gasteiger partial charge in [0, 0.05) is 13.1 Å². The predicted molar refractivity (Wildman–Crippen MR) is 78.7 cm³/mol. The maximum atomic E-state index is 9.61. The lowest BCUT2D eigenvalue weighted by atomic mass is 9.92. The SMILES string of the molecule is CC(O)c1ccc(N2CCC(C(C)O)CC2)c(Cl)c1. The second kappa shape index (κ2) is 6.12. The molecule has 4 heteroatoms. The van der Waals surface area contributed by atoms with Crippen molar-refractivity contribution in [1.82, 2.24) is 0 Å². The summed E-state index contributed by atoms with van der Waals surface area (Å²) in [5.74, 6) is 0.395. The normalized spacial score (nSPS) is 20.4. The first-order valence-corrected chi connectivity index (χ1v) is 7.27. The molecule has 3 nitrogen and oxygen atoms in total. The average molecular weight is 284 g/mol. The van der Waals surface area contributed by atoms with E-state index in [1.807, 2.05) is 25.1 Å². The topological polar surface area (TPSA) is 43.7 Å². The first-order chi connectivity index (χ1) is 8.99. The molecule has 0 amide bonds. The van der Waals surface area contributed by atoms with Gasteiger partial charge in [-0.15, -0.1) is 0 Å². The Morgan fingerprint density at radius 1 is 1.21 bits per heavy atom. The molecule has 0 aromatic heterocycles. The van der Waals surface area contributed by atoms with Crippen molar-refractivity contribution in [2.75, 3.05) is 18.0 Å². The summed E-state index contributed by atoms with van der Waals surface area (Å²) in [6, 6.07) is 5.74. The number of piperidine rings is 1. The molecule has 1 aliphatic heterocycles. The summed E-state index contributed by atoms with van der Waals surface area (Å²) in [5, 5.41) is 19.8. The van der Waals surface area contributed by atoms with E-state index in [-0.39, 0.29) is 6.10 Å². The highest BCUT2D eigenvalue weighted by atomic mass is 35.5. The zero-order valence-corrected chi connectivity index (χ0v) is 12.3. The van der Waals surface area contributed by atoms with Crippen LogP contribution in [-0.2, 0) is 0 Å². The van der Waals surface area contributed by atoms with E-state index in [1.54, 1.807) is 6.92 Å². The van der Waals surface area contributed by atoms with Crippen LogP contribution in [0.25, 0.3) is 0 Å². The standard InChI is InChI=1S/C15H22ClNO2/c1-10(18)12-5-7-17(8-6-12)15-4-3-13(11(2)19)9-14(15)16/h3-4,9-12,18-19H,5-8H2,1-2H3. The van der Waals surface area contributed by atoms with Gasteiger partial charge < -0.3 is 15.1 Å². The van der Waals surface area contributed by atoms with E-state index in [9.17, 15) is 10.2 Å². The van der Waals surface area contributed by atoms with E-state index in [0.29, 0.717) is 10.9 Å². The fourth-order valence-corrected chi connectivity index (χ4v) is 2.97. The van der Waals surface area contributed by atoms with Gasteiger partial charge >= 0.3 is 0 Å². The Labute approximate surface area is 119 Å². The van der Waals surface area contributed by atoms with Crippen molar-refractivity contribution in [2.24, 2.45) is 5.92 Å². The number of aliphatic hydroxyl groups is 2. The van der Waals surface area contributed by atoms with Crippen molar-refractivity contribution in [2.45, 2.75) is 38.9 Å². The highest BCUT2D eigenvalue weighted by Crippen LogP contribution is 2.32. The third-order valence-electron chi connectivity index (χ3n) is 4.02. The summed E-state index contributed by atoms with van der Waals surface area (Å²) >= 11 is 6.30. The van der Waals surface area contributed by atoms with Gasteiger partial charge in [0.25, 0.3) is 0 Å². The molecule has 1 fully saturated rings. The van der Waals surface area contributed by atoms with Crippen LogP contribution < -0.4 is 4.90 Å². The van der Waals surface area contributed by atoms with Gasteiger partial charge in [-0.3, -0.25) is 0 Å². The fraction of sp³-hybridized carbons (Fsp3) is 0.600. The first kappa shape index (κ1) is 14.6. The number of nitrogens with zero attached hydrogens (tertiary/aromatic N) is 1. The molecule has 0 radical (unpaired) electrons. The molecule has 1 aromatic rings. The third kappa shape index (κ3) is 3.41. The van der Waals surface area contributed by atoms with Crippen molar-refractivity contribution in [1.29, 1.82) is 0 Å². The Balaban J connectivity index is 2.07. The summed E-state index contributed by atoms with van der Waals surface area (Å²) in [6.45, 7) is 5.44. The maximum absolute atomic E-state index is 9.61. The Kier molecular flexibility index (Phi) is 4.71. The van der Waals surface area contributed by atoms with E-state index >= 15 is 0 Å². The molecule has 19 heavy (non-hydrogen) atoms. The largest absolute Gasteiger partial charge is 0.393 e. The van der Waals surface area contributed by atoms with Crippen molar-refractivity contribution < 1.29 is 10.2 Å². The minimum Gasteiger partial charge on any atom is -0.393 e. The fourth-order valence-electron chi connectivity index (χ4n) is 2.66. The molecule has 2 rings (SSSR count). The van der Waals surface area contributed by atoms with Crippen LogP contribution in [0.1, 0.15) is 38.4 Å². The van der Waals surface area contributed by atoms with Gasteiger partial charge in [-0.2, -0.15) is 0 Å². The van der Waals surface area contributed by atoms with Gasteiger partial charge in [-0.05, 0) is 50.3 Å². The van der Waals surface area contributed by atoms with Gasteiger partial charge in [0.15, 0.2) is 0 Å². The van der Waals surface area contributed by atoms with Crippen molar-refractivity contribution >= 4 is 17.3 Å². The number of aliphatic hydroxyl groups excluding tert-OH is 2. The van der Waals surface area contributed by atoms with Crippen molar-refractivity contribution in [3.05, 3.63) is 28.8 Å². The van der Waals surface area contributed by atoms with Crippen LogP contribution in [0.2, 0.25) is 5.02 Å². The molecule has 106 valence electrons. The van der Waals surface area contributed by atoms with Crippen LogP contribution >= 0.6 is 11.6 Å². The second-order valence-corrected chi connectivity index (χ2v) is 5.86. The lowest BCUT2D eigenvalue weighted by molar-refractivity contribution is 0.110. The third-order valence-corrected chi connectivity index (χ3v) is 4.32. The monoisotopic (exact) mass is 283 g/mol. The maximum Gasteiger partial charge on any atom is 0.0762 e. The van der Waals surface area contributed by atoms with Crippen molar-refractivity contribution in [3.63, 3.8) is 0 Å².